The largest absolute Gasteiger partial charge is 0.381 e. The maximum Gasteiger partial charge on any atom is 0.216 e. The number of methoxy groups -OCH3 is 1. The van der Waals surface area contributed by atoms with Gasteiger partial charge in [-0.05, 0) is 56.4 Å². The summed E-state index contributed by atoms with van der Waals surface area (Å²) in [5.41, 5.74) is 1.89. The van der Waals surface area contributed by atoms with Gasteiger partial charge in [-0.15, -0.1) is 0 Å². The average Bonchev–Trinajstić information content (AvgIpc) is 2.60. The number of pyridine rings is 1. The molecule has 1 aromatic carbocycles. The predicted molar refractivity (Wildman–Crippen MR) is 88.2 cm³/mol. The second-order valence-corrected chi connectivity index (χ2v) is 6.27. The van der Waals surface area contributed by atoms with Crippen LogP contribution in [0.15, 0.2) is 24.3 Å². The summed E-state index contributed by atoms with van der Waals surface area (Å²) in [7, 11) is 1.73. The van der Waals surface area contributed by atoms with Crippen LogP contribution in [0.25, 0.3) is 10.9 Å². The van der Waals surface area contributed by atoms with Crippen molar-refractivity contribution in [1.82, 2.24) is 4.98 Å². The normalized spacial score (nSPS) is 21.5. The summed E-state index contributed by atoms with van der Waals surface area (Å²) in [5, 5.41) is 0.833. The van der Waals surface area contributed by atoms with E-state index in [0.29, 0.717) is 23.1 Å². The monoisotopic (exact) mass is 314 g/mol. The number of fused-ring (bicyclic) bond motifs is 1. The van der Waals surface area contributed by atoms with Gasteiger partial charge in [-0.2, -0.15) is 4.39 Å². The highest BCUT2D eigenvalue weighted by Gasteiger charge is 2.27. The number of ketones is 1. The van der Waals surface area contributed by atoms with Gasteiger partial charge in [0.05, 0.1) is 11.6 Å². The Morgan fingerprint density at radius 2 is 2.00 bits per heavy atom. The number of ether oxygens (including phenoxy) is 1. The number of hydrogen-bond acceptors (Lipinski definition) is 3. The number of halogens is 1. The highest BCUT2D eigenvalue weighted by Crippen LogP contribution is 2.29. The third-order valence-electron chi connectivity index (χ3n) is 4.88. The minimum atomic E-state index is -0.419. The first kappa shape index (κ1) is 16.1. The molecule has 1 heterocycles. The van der Waals surface area contributed by atoms with E-state index in [-0.39, 0.29) is 17.8 Å². The highest BCUT2D eigenvalue weighted by molar-refractivity contribution is 6.00. The van der Waals surface area contributed by atoms with E-state index in [2.05, 4.69) is 4.98 Å². The van der Waals surface area contributed by atoms with Crippen LogP contribution in [0.2, 0.25) is 0 Å². The van der Waals surface area contributed by atoms with E-state index in [4.69, 9.17) is 4.74 Å². The van der Waals surface area contributed by atoms with Crippen molar-refractivity contribution in [3.63, 3.8) is 0 Å². The molecule has 0 atom stereocenters. The first-order valence-corrected chi connectivity index (χ1v) is 8.28. The lowest BCUT2D eigenvalue weighted by Crippen LogP contribution is -2.25. The zero-order valence-corrected chi connectivity index (χ0v) is 13.6. The summed E-state index contributed by atoms with van der Waals surface area (Å²) in [6, 6.07) is 7.17. The molecular weight excluding hydrogens is 292 g/mol. The third kappa shape index (κ3) is 3.27. The number of aromatic nitrogens is 1. The summed E-state index contributed by atoms with van der Waals surface area (Å²) in [6.45, 7) is 1.90. The first-order chi connectivity index (χ1) is 11.1. The van der Waals surface area contributed by atoms with Crippen LogP contribution in [0.4, 0.5) is 4.39 Å². The minimum Gasteiger partial charge on any atom is -0.381 e. The van der Waals surface area contributed by atoms with Crippen LogP contribution in [0.3, 0.4) is 0 Å². The number of aryl methyl sites for hydroxylation is 1. The molecule has 3 rings (SSSR count). The number of hydrogen-bond donors (Lipinski definition) is 0. The third-order valence-corrected chi connectivity index (χ3v) is 4.88. The number of rotatable bonds is 4. The lowest BCUT2D eigenvalue weighted by Gasteiger charge is -2.26. The van der Waals surface area contributed by atoms with Gasteiger partial charge in [-0.1, -0.05) is 6.92 Å². The van der Waals surface area contributed by atoms with E-state index in [1.54, 1.807) is 25.3 Å². The maximum absolute atomic E-state index is 13.8. The van der Waals surface area contributed by atoms with Gasteiger partial charge in [0.15, 0.2) is 5.78 Å². The molecular formula is C19H22FNO2. The molecule has 3 nitrogen and oxygen atoms in total. The number of benzene rings is 1. The van der Waals surface area contributed by atoms with Crippen molar-refractivity contribution in [2.75, 3.05) is 7.11 Å². The standard InChI is InChI=1S/C19H22FNO2/c1-3-12-10-15-11-14(6-9-17(15)21-19(12)20)18(22)13-4-7-16(23-2)8-5-13/h6,9-11,13,16H,3-5,7-8H2,1-2H3/i20-1. The number of nitrogens with zero attached hydrogens (tertiary/aromatic N) is 1. The predicted octanol–water partition coefficient (Wildman–Crippen LogP) is 4.32. The van der Waals surface area contributed by atoms with Gasteiger partial charge in [-0.3, -0.25) is 4.79 Å². The quantitative estimate of drug-likeness (QED) is 0.623. The summed E-state index contributed by atoms with van der Waals surface area (Å²) >= 11 is 0. The molecule has 0 aliphatic heterocycles. The van der Waals surface area contributed by atoms with E-state index >= 15 is 0 Å². The number of Topliss-reactive ketones (excluding diaryl/α,β-unsaturated/α-hetero) is 1. The van der Waals surface area contributed by atoms with Crippen molar-refractivity contribution in [2.24, 2.45) is 5.92 Å². The molecule has 0 N–H and O–H groups in total. The van der Waals surface area contributed by atoms with Crippen LogP contribution in [0, 0.1) is 11.9 Å². The van der Waals surface area contributed by atoms with Gasteiger partial charge in [0.2, 0.25) is 5.95 Å². The Hall–Kier alpha value is -1.81. The van der Waals surface area contributed by atoms with E-state index in [1.807, 2.05) is 13.0 Å². The zero-order chi connectivity index (χ0) is 16.4. The molecule has 0 radical (unpaired) electrons. The summed E-state index contributed by atoms with van der Waals surface area (Å²) in [5.74, 6) is -0.168. The summed E-state index contributed by atoms with van der Waals surface area (Å²) in [6.07, 6.45) is 4.50. The van der Waals surface area contributed by atoms with Gasteiger partial charge in [0, 0.05) is 29.5 Å². The molecule has 1 aliphatic rings. The Labute approximate surface area is 135 Å². The fraction of sp³-hybridized carbons (Fsp3) is 0.474. The lowest BCUT2D eigenvalue weighted by atomic mass is 9.82. The van der Waals surface area contributed by atoms with Crippen LogP contribution in [-0.2, 0) is 11.2 Å². The second kappa shape index (κ2) is 6.75. The fourth-order valence-corrected chi connectivity index (χ4v) is 3.39. The van der Waals surface area contributed by atoms with Gasteiger partial charge in [0.25, 0.3) is 0 Å². The zero-order valence-electron chi connectivity index (χ0n) is 13.6. The number of carbonyl (C=O) groups is 1. The van der Waals surface area contributed by atoms with E-state index in [0.717, 1.165) is 31.1 Å². The molecule has 122 valence electrons. The minimum absolute atomic E-state index is 0.0675. The number of carbonyl (C=O) groups excluding carboxylic acids is 1. The first-order valence-electron chi connectivity index (χ1n) is 8.28. The Bertz CT molecular complexity index is 721. The molecule has 1 fully saturated rings. The Morgan fingerprint density at radius 1 is 1.26 bits per heavy atom. The molecule has 0 amide bonds. The van der Waals surface area contributed by atoms with E-state index < -0.39 is 5.95 Å². The molecule has 0 spiro atoms. The van der Waals surface area contributed by atoms with Gasteiger partial charge < -0.3 is 4.74 Å². The highest BCUT2D eigenvalue weighted by atomic mass is 18.2. The Balaban J connectivity index is 1.85. The SMILES string of the molecule is CCc1cc2cc(C(=O)C3CCC(OC)CC3)ccc2nc1[18F]. The van der Waals surface area contributed by atoms with Crippen LogP contribution < -0.4 is 0 Å². The summed E-state index contributed by atoms with van der Waals surface area (Å²) < 4.78 is 19.1. The lowest BCUT2D eigenvalue weighted by molar-refractivity contribution is 0.0519. The molecule has 0 bridgehead atoms. The molecule has 1 aromatic heterocycles. The molecule has 0 saturated heterocycles. The van der Waals surface area contributed by atoms with Crippen molar-refractivity contribution >= 4 is 16.7 Å². The Kier molecular flexibility index (Phi) is 4.71. The maximum atomic E-state index is 13.8. The van der Waals surface area contributed by atoms with Gasteiger partial charge >= 0.3 is 0 Å². The van der Waals surface area contributed by atoms with Crippen molar-refractivity contribution in [2.45, 2.75) is 45.1 Å². The van der Waals surface area contributed by atoms with Gasteiger partial charge in [-0.25, -0.2) is 4.98 Å². The van der Waals surface area contributed by atoms with Crippen molar-refractivity contribution in [3.8, 4) is 0 Å². The van der Waals surface area contributed by atoms with Crippen LogP contribution in [-0.4, -0.2) is 24.0 Å². The van der Waals surface area contributed by atoms with Gasteiger partial charge in [0.1, 0.15) is 0 Å². The Morgan fingerprint density at radius 3 is 2.65 bits per heavy atom. The van der Waals surface area contributed by atoms with Crippen molar-refractivity contribution in [1.29, 1.82) is 0 Å². The smallest absolute Gasteiger partial charge is 0.216 e. The van der Waals surface area contributed by atoms with Crippen molar-refractivity contribution in [3.05, 3.63) is 41.3 Å². The topological polar surface area (TPSA) is 39.2 Å². The molecule has 23 heavy (non-hydrogen) atoms. The molecule has 1 saturated carbocycles. The molecule has 2 aromatic rings. The fourth-order valence-electron chi connectivity index (χ4n) is 3.39. The van der Waals surface area contributed by atoms with Crippen LogP contribution in [0.5, 0.6) is 0 Å². The van der Waals surface area contributed by atoms with Crippen LogP contribution in [0.1, 0.15) is 48.5 Å². The second-order valence-electron chi connectivity index (χ2n) is 6.27. The van der Waals surface area contributed by atoms with Crippen molar-refractivity contribution < 1.29 is 13.9 Å². The van der Waals surface area contributed by atoms with E-state index in [9.17, 15) is 9.18 Å². The molecule has 1 aliphatic carbocycles. The molecule has 0 unspecified atom stereocenters. The molecule has 4 heteroatoms. The van der Waals surface area contributed by atoms with E-state index in [1.165, 1.54) is 0 Å². The average molecular weight is 314 g/mol. The van der Waals surface area contributed by atoms with Crippen LogP contribution >= 0.6 is 0 Å². The summed E-state index contributed by atoms with van der Waals surface area (Å²) in [4.78, 5) is 16.7.